The number of fused-ring (bicyclic) bond motifs is 3. The van der Waals surface area contributed by atoms with Gasteiger partial charge in [0, 0.05) is 18.8 Å². The van der Waals surface area contributed by atoms with Gasteiger partial charge in [-0.1, -0.05) is 72.1 Å². The minimum atomic E-state index is 0.821. The van der Waals surface area contributed by atoms with Crippen molar-refractivity contribution in [1.29, 1.82) is 0 Å². The maximum atomic E-state index is 6.22. The van der Waals surface area contributed by atoms with Gasteiger partial charge in [0.2, 0.25) is 0 Å². The van der Waals surface area contributed by atoms with Gasteiger partial charge in [-0.2, -0.15) is 0 Å². The summed E-state index contributed by atoms with van der Waals surface area (Å²) in [4.78, 5) is 2.27. The molecule has 27 heavy (non-hydrogen) atoms. The van der Waals surface area contributed by atoms with E-state index in [9.17, 15) is 0 Å². The van der Waals surface area contributed by atoms with Gasteiger partial charge in [0.1, 0.15) is 0 Å². The smallest absolute Gasteiger partial charge is 0.152 e. The molecule has 0 spiro atoms. The molecule has 0 N–H and O–H groups in total. The van der Waals surface area contributed by atoms with Gasteiger partial charge in [-0.15, -0.1) is 0 Å². The summed E-state index contributed by atoms with van der Waals surface area (Å²) in [5, 5.41) is 2.36. The number of rotatable bonds is 1. The van der Waals surface area contributed by atoms with Crippen molar-refractivity contribution in [2.45, 2.75) is 0 Å². The summed E-state index contributed by atoms with van der Waals surface area (Å²) < 4.78 is 9.27. The molecule has 1 aliphatic rings. The van der Waals surface area contributed by atoms with Gasteiger partial charge in [0.25, 0.3) is 0 Å². The van der Waals surface area contributed by atoms with Gasteiger partial charge in [-0.25, -0.2) is 0 Å². The van der Waals surface area contributed by atoms with E-state index in [2.05, 4.69) is 101 Å². The van der Waals surface area contributed by atoms with Crippen LogP contribution in [0.15, 0.2) is 86.2 Å². The van der Waals surface area contributed by atoms with Crippen molar-refractivity contribution >= 4 is 75.6 Å². The van der Waals surface area contributed by atoms with Gasteiger partial charge in [-0.3, -0.25) is 0 Å². The molecule has 4 aromatic carbocycles. The van der Waals surface area contributed by atoms with Gasteiger partial charge in [0.05, 0.1) is 17.1 Å². The molecule has 0 unspecified atom stereocenters. The third-order valence-corrected chi connectivity index (χ3v) is 6.31. The zero-order valence-corrected chi connectivity index (χ0v) is 18.7. The van der Waals surface area contributed by atoms with E-state index in [1.165, 1.54) is 10.8 Å². The van der Waals surface area contributed by atoms with Crippen LogP contribution >= 0.6 is 47.8 Å². The number of benzene rings is 4. The van der Waals surface area contributed by atoms with Gasteiger partial charge in [0.15, 0.2) is 11.5 Å². The number of halogens is 3. The molecule has 132 valence electrons. The Hall–Kier alpha value is -1.82. The standard InChI is InChI=1S/C22H12Br3NO/c23-13-5-8-19-21(11-13)27-22-12-14(24)6-9-20(22)26(19)18-10-7-17(25)15-3-1-2-4-16(15)18/h1-12H. The first-order valence-electron chi connectivity index (χ1n) is 8.36. The van der Waals surface area contributed by atoms with E-state index in [0.29, 0.717) is 0 Å². The summed E-state index contributed by atoms with van der Waals surface area (Å²) in [5.41, 5.74) is 3.14. The molecule has 5 rings (SSSR count). The molecule has 1 heterocycles. The van der Waals surface area contributed by atoms with Crippen LogP contribution in [0.25, 0.3) is 10.8 Å². The molecule has 0 radical (unpaired) electrons. The highest BCUT2D eigenvalue weighted by Crippen LogP contribution is 2.53. The van der Waals surface area contributed by atoms with Crippen LogP contribution in [-0.4, -0.2) is 0 Å². The molecule has 0 fully saturated rings. The highest BCUT2D eigenvalue weighted by molar-refractivity contribution is 9.11. The monoisotopic (exact) mass is 543 g/mol. The highest BCUT2D eigenvalue weighted by atomic mass is 79.9. The lowest BCUT2D eigenvalue weighted by atomic mass is 10.1. The normalized spacial score (nSPS) is 12.5. The van der Waals surface area contributed by atoms with E-state index in [1.807, 2.05) is 24.3 Å². The summed E-state index contributed by atoms with van der Waals surface area (Å²) in [5.74, 6) is 1.64. The van der Waals surface area contributed by atoms with Crippen molar-refractivity contribution in [3.05, 3.63) is 86.2 Å². The number of hydrogen-bond donors (Lipinski definition) is 0. The molecule has 0 aromatic heterocycles. The van der Waals surface area contributed by atoms with Gasteiger partial charge >= 0.3 is 0 Å². The van der Waals surface area contributed by atoms with Crippen molar-refractivity contribution in [2.24, 2.45) is 0 Å². The third-order valence-electron chi connectivity index (χ3n) is 4.63. The molecule has 0 aliphatic carbocycles. The number of ether oxygens (including phenoxy) is 1. The Morgan fingerprint density at radius 1 is 0.593 bits per heavy atom. The fraction of sp³-hybridized carbons (Fsp3) is 0. The summed E-state index contributed by atoms with van der Waals surface area (Å²) >= 11 is 10.8. The van der Waals surface area contributed by atoms with Crippen molar-refractivity contribution in [3.63, 3.8) is 0 Å². The van der Waals surface area contributed by atoms with Crippen LogP contribution in [0.5, 0.6) is 11.5 Å². The number of nitrogens with zero attached hydrogens (tertiary/aromatic N) is 1. The third kappa shape index (κ3) is 2.89. The molecule has 0 amide bonds. The minimum Gasteiger partial charge on any atom is -0.453 e. The topological polar surface area (TPSA) is 12.5 Å². The second-order valence-corrected chi connectivity index (χ2v) is 8.96. The van der Waals surface area contributed by atoms with E-state index in [4.69, 9.17) is 4.74 Å². The molecule has 5 heteroatoms. The van der Waals surface area contributed by atoms with Crippen LogP contribution in [0.2, 0.25) is 0 Å². The number of hydrogen-bond acceptors (Lipinski definition) is 2. The van der Waals surface area contributed by atoms with Crippen molar-refractivity contribution in [2.75, 3.05) is 4.90 Å². The Balaban J connectivity index is 1.84. The molecular formula is C22H12Br3NO. The lowest BCUT2D eigenvalue weighted by Gasteiger charge is -2.34. The van der Waals surface area contributed by atoms with Crippen molar-refractivity contribution < 1.29 is 4.74 Å². The highest BCUT2D eigenvalue weighted by Gasteiger charge is 2.27. The summed E-state index contributed by atoms with van der Waals surface area (Å²) in [6, 6.07) is 24.9. The summed E-state index contributed by atoms with van der Waals surface area (Å²) in [6.07, 6.45) is 0. The summed E-state index contributed by atoms with van der Waals surface area (Å²) in [6.45, 7) is 0. The van der Waals surface area contributed by atoms with Gasteiger partial charge < -0.3 is 9.64 Å². The second-order valence-electron chi connectivity index (χ2n) is 6.27. The average molecular weight is 546 g/mol. The molecule has 0 bridgehead atoms. The van der Waals surface area contributed by atoms with E-state index in [-0.39, 0.29) is 0 Å². The molecule has 0 saturated heterocycles. The van der Waals surface area contributed by atoms with Crippen LogP contribution in [0.4, 0.5) is 17.1 Å². The Morgan fingerprint density at radius 2 is 1.15 bits per heavy atom. The minimum absolute atomic E-state index is 0.821. The average Bonchev–Trinajstić information content (AvgIpc) is 2.67. The molecule has 0 saturated carbocycles. The first-order chi connectivity index (χ1) is 13.1. The zero-order valence-electron chi connectivity index (χ0n) is 13.9. The van der Waals surface area contributed by atoms with E-state index in [1.54, 1.807) is 0 Å². The lowest BCUT2D eigenvalue weighted by molar-refractivity contribution is 0.476. The Bertz CT molecular complexity index is 1150. The Morgan fingerprint density at radius 3 is 1.78 bits per heavy atom. The predicted octanol–water partition coefficient (Wildman–Crippen LogP) is 8.70. The van der Waals surface area contributed by atoms with Crippen LogP contribution in [-0.2, 0) is 0 Å². The maximum Gasteiger partial charge on any atom is 0.152 e. The molecule has 2 nitrogen and oxygen atoms in total. The SMILES string of the molecule is Brc1ccc2c(c1)Oc1cc(Br)ccc1N2c1ccc(Br)c2ccccc12. The quantitative estimate of drug-likeness (QED) is 0.209. The number of anilines is 3. The van der Waals surface area contributed by atoms with Crippen LogP contribution in [0.1, 0.15) is 0 Å². The second kappa shape index (κ2) is 6.66. The molecule has 1 aliphatic heterocycles. The van der Waals surface area contributed by atoms with Crippen molar-refractivity contribution in [3.8, 4) is 11.5 Å². The molecule has 4 aromatic rings. The largest absolute Gasteiger partial charge is 0.453 e. The maximum absolute atomic E-state index is 6.22. The zero-order chi connectivity index (χ0) is 18.5. The fourth-order valence-corrected chi connectivity index (χ4v) is 4.62. The molecule has 0 atom stereocenters. The lowest BCUT2D eigenvalue weighted by Crippen LogP contribution is -2.16. The summed E-state index contributed by atoms with van der Waals surface area (Å²) in [7, 11) is 0. The Labute approximate surface area is 182 Å². The fourth-order valence-electron chi connectivity index (χ4n) is 3.46. The van der Waals surface area contributed by atoms with Crippen LogP contribution in [0.3, 0.4) is 0 Å². The van der Waals surface area contributed by atoms with Gasteiger partial charge in [-0.05, 0) is 53.9 Å². The predicted molar refractivity (Wildman–Crippen MR) is 122 cm³/mol. The molecular weight excluding hydrogens is 534 g/mol. The van der Waals surface area contributed by atoms with E-state index < -0.39 is 0 Å². The first-order valence-corrected chi connectivity index (χ1v) is 10.7. The van der Waals surface area contributed by atoms with Crippen LogP contribution in [0, 0.1) is 0 Å². The van der Waals surface area contributed by atoms with E-state index in [0.717, 1.165) is 42.0 Å². The van der Waals surface area contributed by atoms with Crippen molar-refractivity contribution in [1.82, 2.24) is 0 Å². The van der Waals surface area contributed by atoms with Crippen LogP contribution < -0.4 is 9.64 Å². The first kappa shape index (κ1) is 17.3. The van der Waals surface area contributed by atoms with E-state index >= 15 is 0 Å². The Kier molecular flexibility index (Phi) is 4.26.